The van der Waals surface area contributed by atoms with Crippen LogP contribution in [0, 0.1) is 0 Å². The van der Waals surface area contributed by atoms with E-state index in [4.69, 9.17) is 4.42 Å². The Morgan fingerprint density at radius 2 is 0.938 bits per heavy atom. The van der Waals surface area contributed by atoms with Crippen molar-refractivity contribution in [1.29, 1.82) is 0 Å². The van der Waals surface area contributed by atoms with Gasteiger partial charge in [-0.1, -0.05) is 194 Å². The maximum absolute atomic E-state index is 6.63. The third-order valence-corrected chi connectivity index (χ3v) is 15.1. The SMILES string of the molecule is c1ccc2c(c1)Sc1c(-c3ccc(N(c4cc5ccccc5c5ccccc45)c4cccc5c4ccc4c6ccccc6oc54)cc3)cccc1C21c2ccccc2-c2ccccc21. The molecule has 2 aliphatic rings. The highest BCUT2D eigenvalue weighted by atomic mass is 32.2. The summed E-state index contributed by atoms with van der Waals surface area (Å²) in [6.07, 6.45) is 0. The van der Waals surface area contributed by atoms with Crippen LogP contribution in [0.5, 0.6) is 0 Å². The molecule has 64 heavy (non-hydrogen) atoms. The van der Waals surface area contributed by atoms with E-state index in [9.17, 15) is 0 Å². The fourth-order valence-corrected chi connectivity index (χ4v) is 12.6. The van der Waals surface area contributed by atoms with E-state index in [1.807, 2.05) is 17.8 Å². The van der Waals surface area contributed by atoms with E-state index in [-0.39, 0.29) is 0 Å². The zero-order valence-corrected chi connectivity index (χ0v) is 35.4. The van der Waals surface area contributed by atoms with Crippen molar-refractivity contribution in [3.63, 3.8) is 0 Å². The van der Waals surface area contributed by atoms with Gasteiger partial charge in [-0.15, -0.1) is 0 Å². The van der Waals surface area contributed by atoms with Crippen molar-refractivity contribution in [1.82, 2.24) is 0 Å². The Morgan fingerprint density at radius 1 is 0.375 bits per heavy atom. The quantitative estimate of drug-likeness (QED) is 0.164. The minimum absolute atomic E-state index is 0.423. The molecule has 1 aliphatic heterocycles. The lowest BCUT2D eigenvalue weighted by Gasteiger charge is -2.40. The topological polar surface area (TPSA) is 16.4 Å². The molecule has 0 radical (unpaired) electrons. The average molecular weight is 832 g/mol. The lowest BCUT2D eigenvalue weighted by atomic mass is 9.67. The second-order valence-corrected chi connectivity index (χ2v) is 18.1. The van der Waals surface area contributed by atoms with E-state index < -0.39 is 5.41 Å². The summed E-state index contributed by atoms with van der Waals surface area (Å²) >= 11 is 1.91. The summed E-state index contributed by atoms with van der Waals surface area (Å²) in [6, 6.07) is 82.8. The van der Waals surface area contributed by atoms with Gasteiger partial charge in [0.1, 0.15) is 11.2 Å². The predicted octanol–water partition coefficient (Wildman–Crippen LogP) is 17.0. The average Bonchev–Trinajstić information content (AvgIpc) is 3.89. The van der Waals surface area contributed by atoms with Crippen LogP contribution in [-0.4, -0.2) is 0 Å². The van der Waals surface area contributed by atoms with Gasteiger partial charge in [-0.3, -0.25) is 0 Å². The molecule has 1 aromatic heterocycles. The van der Waals surface area contributed by atoms with Crippen LogP contribution in [0.3, 0.4) is 0 Å². The molecular formula is C61H37NOS. The van der Waals surface area contributed by atoms with Crippen molar-refractivity contribution >= 4 is 83.1 Å². The van der Waals surface area contributed by atoms with Crippen LogP contribution in [0.25, 0.3) is 76.5 Å². The Balaban J connectivity index is 0.985. The van der Waals surface area contributed by atoms with E-state index in [1.54, 1.807) is 0 Å². The summed E-state index contributed by atoms with van der Waals surface area (Å²) in [5.74, 6) is 0. The third kappa shape index (κ3) is 4.87. The molecule has 0 unspecified atom stereocenters. The number of hydrogen-bond acceptors (Lipinski definition) is 3. The minimum Gasteiger partial charge on any atom is -0.455 e. The van der Waals surface area contributed by atoms with E-state index in [1.165, 1.54) is 75.8 Å². The lowest BCUT2D eigenvalue weighted by Crippen LogP contribution is -2.32. The molecular weight excluding hydrogens is 795 g/mol. The van der Waals surface area contributed by atoms with Crippen LogP contribution in [0.15, 0.2) is 239 Å². The molecule has 0 amide bonds. The second-order valence-electron chi connectivity index (χ2n) is 17.1. The number of nitrogens with zero attached hydrogens (tertiary/aromatic N) is 1. The van der Waals surface area contributed by atoms with Gasteiger partial charge in [-0.25, -0.2) is 0 Å². The number of furan rings is 1. The van der Waals surface area contributed by atoms with E-state index in [0.717, 1.165) is 49.8 Å². The Kier molecular flexibility index (Phi) is 7.57. The minimum atomic E-state index is -0.423. The van der Waals surface area contributed by atoms with Gasteiger partial charge in [-0.05, 0) is 103 Å². The fraction of sp³-hybridized carbons (Fsp3) is 0.0164. The molecule has 14 rings (SSSR count). The molecule has 3 heteroatoms. The monoisotopic (exact) mass is 831 g/mol. The second kappa shape index (κ2) is 13.6. The molecule has 0 bridgehead atoms. The van der Waals surface area contributed by atoms with Crippen LogP contribution in [0.4, 0.5) is 17.1 Å². The summed E-state index contributed by atoms with van der Waals surface area (Å²) in [5, 5.41) is 9.36. The summed E-state index contributed by atoms with van der Waals surface area (Å²) in [6.45, 7) is 0. The standard InChI is InChI=1S/C61H37NOS/c1-2-16-41-39(15-1)37-56(46-20-4-3-17-43(41)46)62(55-28-14-23-49-47(55)35-36-50-48-21-7-11-29-57(48)63-59(49)50)40-33-31-38(32-34-40)42-22-13-27-54-60(42)64-58-30-12-10-26-53(58)61(54)51-24-8-5-18-44(51)45-19-6-9-25-52(45)61/h1-37H. The molecule has 0 saturated heterocycles. The van der Waals surface area contributed by atoms with Gasteiger partial charge in [0.15, 0.2) is 0 Å². The number of benzene rings is 11. The number of hydrogen-bond donors (Lipinski definition) is 0. The van der Waals surface area contributed by atoms with E-state index in [2.05, 4.69) is 223 Å². The van der Waals surface area contributed by atoms with Gasteiger partial charge in [0.05, 0.1) is 16.8 Å². The van der Waals surface area contributed by atoms with Crippen molar-refractivity contribution < 1.29 is 4.42 Å². The van der Waals surface area contributed by atoms with Gasteiger partial charge < -0.3 is 9.32 Å². The van der Waals surface area contributed by atoms with Gasteiger partial charge in [0.25, 0.3) is 0 Å². The maximum atomic E-state index is 6.63. The zero-order valence-electron chi connectivity index (χ0n) is 34.6. The van der Waals surface area contributed by atoms with Crippen molar-refractivity contribution in [3.05, 3.63) is 247 Å². The molecule has 11 aromatic carbocycles. The summed E-state index contributed by atoms with van der Waals surface area (Å²) in [4.78, 5) is 5.07. The number of fused-ring (bicyclic) bond motifs is 17. The van der Waals surface area contributed by atoms with Crippen LogP contribution in [-0.2, 0) is 5.41 Å². The Bertz CT molecular complexity index is 3850. The molecule has 1 aliphatic carbocycles. The molecule has 0 saturated carbocycles. The highest BCUT2D eigenvalue weighted by Gasteiger charge is 2.50. The van der Waals surface area contributed by atoms with Crippen molar-refractivity contribution in [2.24, 2.45) is 0 Å². The van der Waals surface area contributed by atoms with Gasteiger partial charge in [0.2, 0.25) is 0 Å². The highest BCUT2D eigenvalue weighted by Crippen LogP contribution is 2.63. The van der Waals surface area contributed by atoms with Gasteiger partial charge in [0, 0.05) is 42.4 Å². The molecule has 298 valence electrons. The van der Waals surface area contributed by atoms with Crippen molar-refractivity contribution in [2.75, 3.05) is 4.90 Å². The summed E-state index contributed by atoms with van der Waals surface area (Å²) in [7, 11) is 0. The number of para-hydroxylation sites is 1. The first-order valence-electron chi connectivity index (χ1n) is 22.0. The summed E-state index contributed by atoms with van der Waals surface area (Å²) < 4.78 is 6.63. The first-order valence-corrected chi connectivity index (χ1v) is 22.8. The zero-order chi connectivity index (χ0) is 41.9. The smallest absolute Gasteiger partial charge is 0.143 e. The van der Waals surface area contributed by atoms with Crippen LogP contribution < -0.4 is 4.90 Å². The third-order valence-electron chi connectivity index (χ3n) is 13.9. The van der Waals surface area contributed by atoms with Gasteiger partial charge >= 0.3 is 0 Å². The molecule has 0 fully saturated rings. The van der Waals surface area contributed by atoms with E-state index in [0.29, 0.717) is 0 Å². The molecule has 0 N–H and O–H groups in total. The Hall–Kier alpha value is -7.85. The Morgan fingerprint density at radius 3 is 1.75 bits per heavy atom. The number of anilines is 3. The lowest BCUT2D eigenvalue weighted by molar-refractivity contribution is 0.672. The first kappa shape index (κ1) is 35.7. The first-order chi connectivity index (χ1) is 31.8. The summed E-state index contributed by atoms with van der Waals surface area (Å²) in [5.41, 5.74) is 15.2. The fourth-order valence-electron chi connectivity index (χ4n) is 11.2. The predicted molar refractivity (Wildman–Crippen MR) is 268 cm³/mol. The number of rotatable bonds is 4. The van der Waals surface area contributed by atoms with Crippen LogP contribution >= 0.6 is 11.8 Å². The normalized spacial score (nSPS) is 13.4. The molecule has 0 atom stereocenters. The maximum Gasteiger partial charge on any atom is 0.143 e. The van der Waals surface area contributed by atoms with Gasteiger partial charge in [-0.2, -0.15) is 0 Å². The molecule has 1 spiro atoms. The Labute approximate surface area is 374 Å². The van der Waals surface area contributed by atoms with Crippen molar-refractivity contribution in [2.45, 2.75) is 15.2 Å². The van der Waals surface area contributed by atoms with E-state index >= 15 is 0 Å². The highest BCUT2D eigenvalue weighted by molar-refractivity contribution is 7.99. The molecule has 12 aromatic rings. The van der Waals surface area contributed by atoms with Crippen molar-refractivity contribution in [3.8, 4) is 22.3 Å². The molecule has 2 heterocycles. The van der Waals surface area contributed by atoms with Crippen LogP contribution in [0.1, 0.15) is 22.3 Å². The molecule has 2 nitrogen and oxygen atoms in total. The largest absolute Gasteiger partial charge is 0.455 e. The van der Waals surface area contributed by atoms with Crippen LogP contribution in [0.2, 0.25) is 0 Å².